The highest BCUT2D eigenvalue weighted by molar-refractivity contribution is 8.04. The van der Waals surface area contributed by atoms with Gasteiger partial charge < -0.3 is 5.32 Å². The second kappa shape index (κ2) is 8.15. The summed E-state index contributed by atoms with van der Waals surface area (Å²) in [7, 11) is 0. The summed E-state index contributed by atoms with van der Waals surface area (Å²) in [5.74, 6) is -0.824. The van der Waals surface area contributed by atoms with E-state index in [0.717, 1.165) is 21.0 Å². The molecule has 4 nitrogen and oxygen atoms in total. The number of nitrogens with zero attached hydrogens (tertiary/aromatic N) is 1. The Kier molecular flexibility index (Phi) is 5.43. The molecule has 0 atom stereocenters. The molecule has 0 fully saturated rings. The Morgan fingerprint density at radius 2 is 1.59 bits per heavy atom. The lowest BCUT2D eigenvalue weighted by Gasteiger charge is -2.16. The van der Waals surface area contributed by atoms with Crippen molar-refractivity contribution in [1.82, 2.24) is 0 Å². The van der Waals surface area contributed by atoms with Crippen LogP contribution in [0.25, 0.3) is 0 Å². The number of anilines is 2. The van der Waals surface area contributed by atoms with Gasteiger partial charge in [-0.15, -0.1) is 0 Å². The summed E-state index contributed by atoms with van der Waals surface area (Å²) in [5, 5.41) is 3.50. The predicted molar refractivity (Wildman–Crippen MR) is 118 cm³/mol. The standard InChI is InChI=1S/C23H17ClN2O2S/c1-15-8-7-9-16(14-15)25-20-21(29-17-10-3-2-4-11-17)23(28)26(22(20)27)19-13-6-5-12-18(19)24/h2-14,25H,1H3. The van der Waals surface area contributed by atoms with E-state index in [1.807, 2.05) is 61.5 Å². The third-order valence-electron chi connectivity index (χ3n) is 4.39. The third kappa shape index (κ3) is 3.92. The molecule has 2 amide bonds. The first-order valence-corrected chi connectivity index (χ1v) is 10.2. The number of thioether (sulfide) groups is 1. The zero-order valence-corrected chi connectivity index (χ0v) is 17.1. The van der Waals surface area contributed by atoms with E-state index in [1.54, 1.807) is 24.3 Å². The lowest BCUT2D eigenvalue weighted by molar-refractivity contribution is -0.120. The first-order chi connectivity index (χ1) is 14.0. The van der Waals surface area contributed by atoms with Crippen LogP contribution in [0.4, 0.5) is 11.4 Å². The summed E-state index contributed by atoms with van der Waals surface area (Å²) in [6.45, 7) is 1.97. The number of amides is 2. The highest BCUT2D eigenvalue weighted by Gasteiger charge is 2.41. The number of hydrogen-bond acceptors (Lipinski definition) is 4. The number of rotatable bonds is 5. The lowest BCUT2D eigenvalue weighted by atomic mass is 10.2. The van der Waals surface area contributed by atoms with Crippen molar-refractivity contribution in [3.63, 3.8) is 0 Å². The van der Waals surface area contributed by atoms with Gasteiger partial charge in [-0.2, -0.15) is 0 Å². The van der Waals surface area contributed by atoms with Gasteiger partial charge in [0, 0.05) is 10.6 Å². The molecule has 0 aromatic heterocycles. The number of benzene rings is 3. The van der Waals surface area contributed by atoms with Crippen LogP contribution in [-0.4, -0.2) is 11.8 Å². The number of carbonyl (C=O) groups is 2. The first kappa shape index (κ1) is 19.3. The second-order valence-corrected chi connectivity index (χ2v) is 8.00. The Morgan fingerprint density at radius 3 is 2.31 bits per heavy atom. The Bertz CT molecular complexity index is 1130. The maximum atomic E-state index is 13.3. The van der Waals surface area contributed by atoms with Gasteiger partial charge in [-0.25, -0.2) is 4.90 Å². The van der Waals surface area contributed by atoms with E-state index in [-0.39, 0.29) is 5.70 Å². The van der Waals surface area contributed by atoms with E-state index < -0.39 is 11.8 Å². The van der Waals surface area contributed by atoms with Crippen LogP contribution in [0, 0.1) is 6.92 Å². The molecule has 6 heteroatoms. The SMILES string of the molecule is Cc1cccc(NC2=C(Sc3ccccc3)C(=O)N(c3ccccc3Cl)C2=O)c1. The van der Waals surface area contributed by atoms with Crippen molar-refractivity contribution in [2.45, 2.75) is 11.8 Å². The van der Waals surface area contributed by atoms with E-state index in [9.17, 15) is 9.59 Å². The van der Waals surface area contributed by atoms with Crippen molar-refractivity contribution >= 4 is 46.6 Å². The first-order valence-electron chi connectivity index (χ1n) is 8.99. The average molecular weight is 421 g/mol. The predicted octanol–water partition coefficient (Wildman–Crippen LogP) is 5.64. The number of imide groups is 1. The minimum atomic E-state index is -0.428. The van der Waals surface area contributed by atoms with Gasteiger partial charge in [0.25, 0.3) is 11.8 Å². The fourth-order valence-electron chi connectivity index (χ4n) is 3.04. The zero-order valence-electron chi connectivity index (χ0n) is 15.6. The topological polar surface area (TPSA) is 49.4 Å². The Balaban J connectivity index is 1.77. The smallest absolute Gasteiger partial charge is 0.283 e. The van der Waals surface area contributed by atoms with E-state index >= 15 is 0 Å². The quantitative estimate of drug-likeness (QED) is 0.543. The Morgan fingerprint density at radius 1 is 0.862 bits per heavy atom. The van der Waals surface area contributed by atoms with Gasteiger partial charge in [0.05, 0.1) is 10.7 Å². The molecule has 3 aromatic carbocycles. The summed E-state index contributed by atoms with van der Waals surface area (Å²) in [6.07, 6.45) is 0. The van der Waals surface area contributed by atoms with Gasteiger partial charge in [-0.05, 0) is 48.9 Å². The number of para-hydroxylation sites is 1. The molecule has 1 N–H and O–H groups in total. The maximum absolute atomic E-state index is 13.3. The van der Waals surface area contributed by atoms with Crippen LogP contribution in [0.1, 0.15) is 5.56 Å². The molecule has 0 bridgehead atoms. The van der Waals surface area contributed by atoms with Crippen LogP contribution in [0.3, 0.4) is 0 Å². The van der Waals surface area contributed by atoms with Crippen molar-refractivity contribution in [2.24, 2.45) is 0 Å². The molecule has 0 aliphatic carbocycles. The van der Waals surface area contributed by atoms with Crippen molar-refractivity contribution in [1.29, 1.82) is 0 Å². The molecule has 0 saturated carbocycles. The van der Waals surface area contributed by atoms with Crippen molar-refractivity contribution < 1.29 is 9.59 Å². The van der Waals surface area contributed by atoms with Crippen LogP contribution in [-0.2, 0) is 9.59 Å². The summed E-state index contributed by atoms with van der Waals surface area (Å²) in [5.41, 5.74) is 2.41. The van der Waals surface area contributed by atoms with Gasteiger partial charge in [0.15, 0.2) is 0 Å². The van der Waals surface area contributed by atoms with Crippen LogP contribution in [0.5, 0.6) is 0 Å². The van der Waals surface area contributed by atoms with Gasteiger partial charge in [0.1, 0.15) is 10.6 Å². The number of carbonyl (C=O) groups excluding carboxylic acids is 2. The zero-order chi connectivity index (χ0) is 20.4. The van der Waals surface area contributed by atoms with Gasteiger partial charge >= 0.3 is 0 Å². The molecule has 144 valence electrons. The lowest BCUT2D eigenvalue weighted by Crippen LogP contribution is -2.32. The van der Waals surface area contributed by atoms with E-state index in [0.29, 0.717) is 15.6 Å². The third-order valence-corrected chi connectivity index (χ3v) is 5.80. The molecule has 1 heterocycles. The number of aryl methyl sites for hydroxylation is 1. The van der Waals surface area contributed by atoms with E-state index in [2.05, 4.69) is 5.32 Å². The summed E-state index contributed by atoms with van der Waals surface area (Å²) in [6, 6.07) is 24.0. The Labute approximate surface area is 178 Å². The Hall–Kier alpha value is -3.02. The molecule has 3 aromatic rings. The highest BCUT2D eigenvalue weighted by atomic mass is 35.5. The fourth-order valence-corrected chi connectivity index (χ4v) is 4.21. The normalized spacial score (nSPS) is 13.9. The fraction of sp³-hybridized carbons (Fsp3) is 0.0435. The molecule has 0 spiro atoms. The van der Waals surface area contributed by atoms with Crippen molar-refractivity contribution in [3.05, 3.63) is 100 Å². The molecule has 4 rings (SSSR count). The monoisotopic (exact) mass is 420 g/mol. The van der Waals surface area contributed by atoms with Gasteiger partial charge in [0.2, 0.25) is 0 Å². The minimum Gasteiger partial charge on any atom is -0.350 e. The van der Waals surface area contributed by atoms with Crippen molar-refractivity contribution in [2.75, 3.05) is 10.2 Å². The molecule has 29 heavy (non-hydrogen) atoms. The van der Waals surface area contributed by atoms with E-state index in [1.165, 1.54) is 11.8 Å². The summed E-state index contributed by atoms with van der Waals surface area (Å²) in [4.78, 5) is 28.9. The van der Waals surface area contributed by atoms with Crippen LogP contribution < -0.4 is 10.2 Å². The van der Waals surface area contributed by atoms with Crippen LogP contribution >= 0.6 is 23.4 Å². The van der Waals surface area contributed by atoms with Crippen molar-refractivity contribution in [3.8, 4) is 0 Å². The van der Waals surface area contributed by atoms with Gasteiger partial charge in [-0.3, -0.25) is 9.59 Å². The average Bonchev–Trinajstić information content (AvgIpc) is 2.93. The van der Waals surface area contributed by atoms with Crippen LogP contribution in [0.15, 0.2) is 94.4 Å². The molecule has 0 radical (unpaired) electrons. The highest BCUT2D eigenvalue weighted by Crippen LogP contribution is 2.39. The van der Waals surface area contributed by atoms with Crippen LogP contribution in [0.2, 0.25) is 5.02 Å². The molecular formula is C23H17ClN2O2S. The minimum absolute atomic E-state index is 0.245. The summed E-state index contributed by atoms with van der Waals surface area (Å²) >= 11 is 7.54. The number of hydrogen-bond donors (Lipinski definition) is 1. The maximum Gasteiger partial charge on any atom is 0.283 e. The van der Waals surface area contributed by atoms with E-state index in [4.69, 9.17) is 11.6 Å². The largest absolute Gasteiger partial charge is 0.350 e. The van der Waals surface area contributed by atoms with Gasteiger partial charge in [-0.1, -0.05) is 65.8 Å². The molecule has 0 saturated heterocycles. The second-order valence-electron chi connectivity index (χ2n) is 6.51. The molecule has 1 aliphatic rings. The summed E-state index contributed by atoms with van der Waals surface area (Å²) < 4.78 is 0. The molecular weight excluding hydrogens is 404 g/mol. The molecule has 1 aliphatic heterocycles. The number of nitrogens with one attached hydrogen (secondary N) is 1. The number of halogens is 1. The molecule has 0 unspecified atom stereocenters.